The van der Waals surface area contributed by atoms with E-state index in [0.717, 1.165) is 0 Å². The average molecular weight is 518 g/mol. The Labute approximate surface area is 219 Å². The van der Waals surface area contributed by atoms with Crippen LogP contribution in [-0.2, 0) is 20.0 Å². The van der Waals surface area contributed by atoms with Crippen LogP contribution < -0.4 is 0 Å². The molecule has 173 valence electrons. The zero-order valence-electron chi connectivity index (χ0n) is 21.8. The molecule has 2 aromatic heterocycles. The number of rotatable bonds is 6. The van der Waals surface area contributed by atoms with Crippen LogP contribution in [0, 0.1) is 55.4 Å². The van der Waals surface area contributed by atoms with Crippen molar-refractivity contribution < 1.29 is 20.0 Å². The van der Waals surface area contributed by atoms with Crippen LogP contribution in [0.15, 0.2) is 60.7 Å². The molecule has 0 saturated carbocycles. The van der Waals surface area contributed by atoms with Crippen LogP contribution in [0.2, 0.25) is 0 Å². The Hall–Kier alpha value is -1.42. The average Bonchev–Trinajstić information content (AvgIpc) is 3.16. The third-order valence-electron chi connectivity index (χ3n) is 8.12. The molecule has 0 bridgehead atoms. The van der Waals surface area contributed by atoms with Crippen molar-refractivity contribution in [1.82, 2.24) is 0 Å². The second-order valence-corrected chi connectivity index (χ2v) is 16.2. The van der Waals surface area contributed by atoms with Crippen molar-refractivity contribution in [3.63, 3.8) is 0 Å². The van der Waals surface area contributed by atoms with Gasteiger partial charge in [-0.1, -0.05) is 0 Å². The summed E-state index contributed by atoms with van der Waals surface area (Å²) in [6, 6.07) is 22.5. The molecule has 1 unspecified atom stereocenters. The molecule has 0 aliphatic carbocycles. The zero-order valence-corrected chi connectivity index (χ0v) is 25.2. The molecule has 0 aliphatic heterocycles. The first kappa shape index (κ1) is 25.7. The Morgan fingerprint density at radius 1 is 0.559 bits per heavy atom. The van der Waals surface area contributed by atoms with Crippen molar-refractivity contribution in [2.75, 3.05) is 0 Å². The Morgan fingerprint density at radius 2 is 0.912 bits per heavy atom. The Kier molecular flexibility index (Phi) is 7.77. The summed E-state index contributed by atoms with van der Waals surface area (Å²) in [5, 5.41) is 7.13. The summed E-state index contributed by atoms with van der Waals surface area (Å²) in [6.45, 7) is 19.1. The number of hydrogen-bond acceptors (Lipinski definition) is 0. The van der Waals surface area contributed by atoms with E-state index in [0.29, 0.717) is 11.3 Å². The molecule has 2 heterocycles. The van der Waals surface area contributed by atoms with Crippen LogP contribution in [0.1, 0.15) is 65.9 Å². The quantitative estimate of drug-likeness (QED) is 0.223. The van der Waals surface area contributed by atoms with Gasteiger partial charge in [0.25, 0.3) is 0 Å². The predicted molar refractivity (Wildman–Crippen MR) is 150 cm³/mol. The summed E-state index contributed by atoms with van der Waals surface area (Å²) < 4.78 is 1.51. The van der Waals surface area contributed by atoms with Gasteiger partial charge in [0.05, 0.1) is 0 Å². The SMILES string of the molecule is Cc1c(C)c(C)p(C(C([C](=[Ti+])c2ccccc2)c2ccccc2)p2c(C)c(C)c(C)c2C)c1C. The van der Waals surface area contributed by atoms with Gasteiger partial charge in [-0.2, -0.15) is 0 Å². The summed E-state index contributed by atoms with van der Waals surface area (Å²) in [7, 11) is -0.798. The maximum atomic E-state index is 2.43. The molecule has 4 aromatic rings. The first-order valence-electron chi connectivity index (χ1n) is 12.1. The minimum atomic E-state index is -0.399. The van der Waals surface area contributed by atoms with Crippen LogP contribution in [0.3, 0.4) is 0 Å². The van der Waals surface area contributed by atoms with E-state index in [1.165, 1.54) is 37.2 Å². The Bertz CT molecular complexity index is 1230. The van der Waals surface area contributed by atoms with Gasteiger partial charge in [-0.3, -0.25) is 0 Å². The first-order chi connectivity index (χ1) is 16.2. The van der Waals surface area contributed by atoms with Crippen molar-refractivity contribution in [3.8, 4) is 0 Å². The normalized spacial score (nSPS) is 12.4. The van der Waals surface area contributed by atoms with Gasteiger partial charge in [-0.15, -0.1) is 0 Å². The molecule has 0 fully saturated rings. The van der Waals surface area contributed by atoms with Gasteiger partial charge in [0.15, 0.2) is 0 Å². The summed E-state index contributed by atoms with van der Waals surface area (Å²) in [4.78, 5) is 0. The molecule has 0 radical (unpaired) electrons. The molecule has 0 nitrogen and oxygen atoms in total. The molecule has 4 rings (SSSR count). The van der Waals surface area contributed by atoms with Crippen molar-refractivity contribution >= 4 is 18.9 Å². The molecular formula is C31H36P2Ti+. The Morgan fingerprint density at radius 3 is 1.29 bits per heavy atom. The molecule has 0 N–H and O–H groups in total. The fraction of sp³-hybridized carbons (Fsp3) is 0.323. The van der Waals surface area contributed by atoms with Crippen LogP contribution in [-0.4, -0.2) is 3.81 Å². The third kappa shape index (κ3) is 4.33. The number of benzene rings is 2. The summed E-state index contributed by atoms with van der Waals surface area (Å²) in [5.41, 5.74) is 8.96. The van der Waals surface area contributed by atoms with Gasteiger partial charge in [0.1, 0.15) is 0 Å². The molecule has 0 amide bonds. The van der Waals surface area contributed by atoms with E-state index in [4.69, 9.17) is 0 Å². The van der Waals surface area contributed by atoms with Crippen LogP contribution in [0.4, 0.5) is 0 Å². The summed E-state index contributed by atoms with van der Waals surface area (Å²) >= 11 is 2.40. The van der Waals surface area contributed by atoms with Gasteiger partial charge in [-0.25, -0.2) is 0 Å². The molecule has 3 heteroatoms. The van der Waals surface area contributed by atoms with Gasteiger partial charge < -0.3 is 0 Å². The van der Waals surface area contributed by atoms with E-state index in [1.54, 1.807) is 21.2 Å². The second kappa shape index (κ2) is 10.3. The van der Waals surface area contributed by atoms with Crippen molar-refractivity contribution in [1.29, 1.82) is 0 Å². The van der Waals surface area contributed by atoms with E-state index >= 15 is 0 Å². The van der Waals surface area contributed by atoms with E-state index in [2.05, 4.69) is 136 Å². The van der Waals surface area contributed by atoms with E-state index in [1.807, 2.05) is 0 Å². The van der Waals surface area contributed by atoms with Gasteiger partial charge in [-0.05, 0) is 0 Å². The van der Waals surface area contributed by atoms with Crippen molar-refractivity contribution in [3.05, 3.63) is 115 Å². The van der Waals surface area contributed by atoms with Crippen LogP contribution in [0.25, 0.3) is 0 Å². The zero-order chi connectivity index (χ0) is 24.7. The standard InChI is InChI=1S/C31H36P2.Ti/c1-20-21(2)25(6)32(24(20)5)31(33-26(7)22(3)23(4)27(33)8)30(29-17-13-10-14-18-29)19-28-15-11-9-12-16-28;/h9-18,30-31H,1-8H3;/q;+1. The van der Waals surface area contributed by atoms with Crippen LogP contribution >= 0.6 is 15.1 Å². The van der Waals surface area contributed by atoms with Gasteiger partial charge >= 0.3 is 221 Å². The molecule has 0 spiro atoms. The summed E-state index contributed by atoms with van der Waals surface area (Å²) in [6.07, 6.45) is 0. The van der Waals surface area contributed by atoms with Gasteiger partial charge in [0, 0.05) is 0 Å². The molecule has 1 atom stereocenters. The predicted octanol–water partition coefficient (Wildman–Crippen LogP) is 9.73. The fourth-order valence-electron chi connectivity index (χ4n) is 5.46. The van der Waals surface area contributed by atoms with Gasteiger partial charge in [0.2, 0.25) is 0 Å². The van der Waals surface area contributed by atoms with E-state index in [-0.39, 0.29) is 0 Å². The molecular weight excluding hydrogens is 482 g/mol. The minimum absolute atomic E-state index is 0.382. The van der Waals surface area contributed by atoms with E-state index < -0.39 is 15.1 Å². The number of hydrogen-bond donors (Lipinski definition) is 0. The van der Waals surface area contributed by atoms with Crippen molar-refractivity contribution in [2.24, 2.45) is 0 Å². The molecule has 0 saturated heterocycles. The fourth-order valence-corrected chi connectivity index (χ4v) is 15.6. The van der Waals surface area contributed by atoms with E-state index in [9.17, 15) is 0 Å². The van der Waals surface area contributed by atoms with Crippen molar-refractivity contribution in [2.45, 2.75) is 66.7 Å². The second-order valence-electron chi connectivity index (χ2n) is 9.66. The molecule has 0 aliphatic rings. The Balaban J connectivity index is 2.10. The topological polar surface area (TPSA) is 0 Å². The third-order valence-corrected chi connectivity index (χ3v) is 16.3. The molecule has 34 heavy (non-hydrogen) atoms. The summed E-state index contributed by atoms with van der Waals surface area (Å²) in [5.74, 6) is 0.382. The molecule has 2 aromatic carbocycles. The van der Waals surface area contributed by atoms with Crippen LogP contribution in [0.5, 0.6) is 0 Å². The first-order valence-corrected chi connectivity index (χ1v) is 15.7. The monoisotopic (exact) mass is 518 g/mol. The maximum absolute atomic E-state index is 2.43.